The summed E-state index contributed by atoms with van der Waals surface area (Å²) >= 11 is 0. The van der Waals surface area contributed by atoms with E-state index in [4.69, 9.17) is 0 Å². The molecule has 11 heavy (non-hydrogen) atoms. The fourth-order valence-electron chi connectivity index (χ4n) is 0.767. The van der Waals surface area contributed by atoms with Gasteiger partial charge in [0, 0.05) is 0 Å². The van der Waals surface area contributed by atoms with Gasteiger partial charge in [0.1, 0.15) is 0 Å². The molecule has 0 bridgehead atoms. The summed E-state index contributed by atoms with van der Waals surface area (Å²) in [6.45, 7) is 1.86. The standard InChI is InChI=1S/C9H9.BrH.Mg/c1-2-6-9-7-4-3-5-8-9;;/h3-5,7H,8H2,1H3;1H;/q-1;;+2/p-1. The van der Waals surface area contributed by atoms with Gasteiger partial charge in [0.15, 0.2) is 0 Å². The molecule has 0 unspecified atom stereocenters. The average Bonchev–Trinajstić information content (AvgIpc) is 1.91. The third-order valence-corrected chi connectivity index (χ3v) is 1.17. The van der Waals surface area contributed by atoms with Crippen molar-refractivity contribution in [3.63, 3.8) is 0 Å². The minimum atomic E-state index is 0. The first kappa shape index (κ1) is 13.7. The van der Waals surface area contributed by atoms with E-state index in [1.165, 1.54) is 5.92 Å². The molecule has 54 valence electrons. The van der Waals surface area contributed by atoms with E-state index >= 15 is 0 Å². The molecule has 0 fully saturated rings. The molecule has 0 saturated heterocycles. The van der Waals surface area contributed by atoms with Crippen LogP contribution in [0.5, 0.6) is 0 Å². The van der Waals surface area contributed by atoms with Gasteiger partial charge in [0.05, 0.1) is 0 Å². The molecule has 0 saturated carbocycles. The maximum absolute atomic E-state index is 3.01. The summed E-state index contributed by atoms with van der Waals surface area (Å²) in [5.41, 5.74) is 0. The Hall–Kier alpha value is 0.156. The van der Waals surface area contributed by atoms with Crippen molar-refractivity contribution in [1.82, 2.24) is 0 Å². The van der Waals surface area contributed by atoms with E-state index in [9.17, 15) is 0 Å². The number of rotatable bonds is 0. The predicted molar refractivity (Wildman–Crippen MR) is 45.3 cm³/mol. The monoisotopic (exact) mass is 220 g/mol. The number of allylic oxidation sites excluding steroid dienone is 4. The van der Waals surface area contributed by atoms with Gasteiger partial charge in [-0.15, -0.1) is 18.1 Å². The zero-order valence-electron chi connectivity index (χ0n) is 6.60. The van der Waals surface area contributed by atoms with Gasteiger partial charge in [0.2, 0.25) is 0 Å². The number of halogens is 1. The van der Waals surface area contributed by atoms with Crippen LogP contribution in [0.2, 0.25) is 0 Å². The van der Waals surface area contributed by atoms with Crippen molar-refractivity contribution < 1.29 is 17.0 Å². The minimum absolute atomic E-state index is 0. The second-order valence-electron chi connectivity index (χ2n) is 1.89. The van der Waals surface area contributed by atoms with Crippen LogP contribution in [0.1, 0.15) is 13.3 Å². The number of hydrogen-bond donors (Lipinski definition) is 0. The normalized spacial score (nSPS) is 12.3. The molecular formula is C9H9BrMg. The summed E-state index contributed by atoms with van der Waals surface area (Å²) in [6, 6.07) is 0. The molecule has 2 heteroatoms. The van der Waals surface area contributed by atoms with Crippen LogP contribution in [-0.4, -0.2) is 23.1 Å². The van der Waals surface area contributed by atoms with Crippen LogP contribution < -0.4 is 17.0 Å². The first-order valence-electron chi connectivity index (χ1n) is 3.05. The zero-order chi connectivity index (χ0) is 6.53. The van der Waals surface area contributed by atoms with Crippen LogP contribution in [0.25, 0.3) is 0 Å². The fraction of sp³-hybridized carbons (Fsp3) is 0.222. The first-order chi connectivity index (χ1) is 4.43. The topological polar surface area (TPSA) is 0 Å². The SMILES string of the molecule is CC#C[C-]1C=CC=CC1.[Br-].[Mg+2]. The Labute approximate surface area is 95.1 Å². The maximum Gasteiger partial charge on any atom is 2.00 e. The van der Waals surface area contributed by atoms with Crippen molar-refractivity contribution in [3.8, 4) is 11.8 Å². The van der Waals surface area contributed by atoms with Crippen LogP contribution in [0, 0.1) is 17.8 Å². The Kier molecular flexibility index (Phi) is 10.3. The van der Waals surface area contributed by atoms with Gasteiger partial charge < -0.3 is 17.0 Å². The predicted octanol–water partition coefficient (Wildman–Crippen LogP) is -1.28. The second-order valence-corrected chi connectivity index (χ2v) is 1.89. The van der Waals surface area contributed by atoms with Crippen LogP contribution in [0.3, 0.4) is 0 Å². The van der Waals surface area contributed by atoms with Gasteiger partial charge >= 0.3 is 23.1 Å². The van der Waals surface area contributed by atoms with Gasteiger partial charge in [0.25, 0.3) is 0 Å². The van der Waals surface area contributed by atoms with Crippen LogP contribution >= 0.6 is 0 Å². The molecule has 0 N–H and O–H groups in total. The Bertz CT molecular complexity index is 195. The molecule has 1 aliphatic carbocycles. The summed E-state index contributed by atoms with van der Waals surface area (Å²) in [5, 5.41) is 0. The fourth-order valence-corrected chi connectivity index (χ4v) is 0.767. The molecule has 0 heterocycles. The van der Waals surface area contributed by atoms with E-state index in [0.29, 0.717) is 0 Å². The van der Waals surface area contributed by atoms with Crippen molar-refractivity contribution in [2.45, 2.75) is 13.3 Å². The molecular weight excluding hydrogens is 212 g/mol. The summed E-state index contributed by atoms with van der Waals surface area (Å²) in [5.74, 6) is 7.09. The van der Waals surface area contributed by atoms with E-state index in [0.717, 1.165) is 6.42 Å². The van der Waals surface area contributed by atoms with E-state index in [1.54, 1.807) is 0 Å². The van der Waals surface area contributed by atoms with Crippen molar-refractivity contribution >= 4 is 23.1 Å². The zero-order valence-corrected chi connectivity index (χ0v) is 9.60. The molecule has 0 aromatic rings. The molecule has 1 aliphatic rings. The smallest absolute Gasteiger partial charge is 1.00 e. The largest absolute Gasteiger partial charge is 2.00 e. The molecule has 0 nitrogen and oxygen atoms in total. The third-order valence-electron chi connectivity index (χ3n) is 1.17. The van der Waals surface area contributed by atoms with Gasteiger partial charge in [-0.25, -0.2) is 5.92 Å². The summed E-state index contributed by atoms with van der Waals surface area (Å²) < 4.78 is 0. The Morgan fingerprint density at radius 2 is 2.09 bits per heavy atom. The van der Waals surface area contributed by atoms with E-state index < -0.39 is 0 Å². The average molecular weight is 221 g/mol. The molecule has 1 rings (SSSR count). The summed E-state index contributed by atoms with van der Waals surface area (Å²) in [4.78, 5) is 0. The van der Waals surface area contributed by atoms with E-state index in [2.05, 4.69) is 24.0 Å². The molecule has 0 spiro atoms. The van der Waals surface area contributed by atoms with E-state index in [1.807, 2.05) is 19.1 Å². The molecule has 0 aliphatic heterocycles. The van der Waals surface area contributed by atoms with Gasteiger partial charge in [-0.05, 0) is 6.42 Å². The molecule has 0 radical (unpaired) electrons. The number of hydrogen-bond acceptors (Lipinski definition) is 0. The van der Waals surface area contributed by atoms with Crippen molar-refractivity contribution in [2.24, 2.45) is 0 Å². The molecule has 0 amide bonds. The third kappa shape index (κ3) is 5.43. The maximum atomic E-state index is 3.01. The van der Waals surface area contributed by atoms with Gasteiger partial charge in [-0.3, -0.25) is 5.92 Å². The molecule has 0 aromatic heterocycles. The van der Waals surface area contributed by atoms with Crippen molar-refractivity contribution in [2.75, 3.05) is 0 Å². The molecule has 0 atom stereocenters. The Morgan fingerprint density at radius 3 is 2.55 bits per heavy atom. The van der Waals surface area contributed by atoms with Crippen LogP contribution in [-0.2, 0) is 0 Å². The van der Waals surface area contributed by atoms with Gasteiger partial charge in [-0.1, -0.05) is 6.92 Å². The van der Waals surface area contributed by atoms with Crippen molar-refractivity contribution in [1.29, 1.82) is 0 Å². The van der Waals surface area contributed by atoms with E-state index in [-0.39, 0.29) is 40.0 Å². The minimum Gasteiger partial charge on any atom is -1.00 e. The van der Waals surface area contributed by atoms with Crippen LogP contribution in [0.4, 0.5) is 0 Å². The Balaban J connectivity index is 0. The Morgan fingerprint density at radius 1 is 1.36 bits per heavy atom. The van der Waals surface area contributed by atoms with Crippen molar-refractivity contribution in [3.05, 3.63) is 30.2 Å². The summed E-state index contributed by atoms with van der Waals surface area (Å²) in [6.07, 6.45) is 9.22. The van der Waals surface area contributed by atoms with Crippen LogP contribution in [0.15, 0.2) is 24.3 Å². The quantitative estimate of drug-likeness (QED) is 0.272. The molecule has 0 aromatic carbocycles. The second kappa shape index (κ2) is 8.25. The first-order valence-corrected chi connectivity index (χ1v) is 3.05. The van der Waals surface area contributed by atoms with Gasteiger partial charge in [-0.2, -0.15) is 12.2 Å². The summed E-state index contributed by atoms with van der Waals surface area (Å²) in [7, 11) is 0.